The highest BCUT2D eigenvalue weighted by molar-refractivity contribution is 5.95. The largest absolute Gasteiger partial charge is 0.491 e. The second kappa shape index (κ2) is 10.8. The van der Waals surface area contributed by atoms with Gasteiger partial charge in [-0.1, -0.05) is 26.0 Å². The molecule has 3 rings (SSSR count). The number of hydrogen-bond donors (Lipinski definition) is 2. The Kier molecular flexibility index (Phi) is 7.89. The van der Waals surface area contributed by atoms with Gasteiger partial charge in [-0.15, -0.1) is 0 Å². The summed E-state index contributed by atoms with van der Waals surface area (Å²) in [7, 11) is 0. The number of nitrogens with one attached hydrogen (secondary N) is 2. The number of benzene rings is 2. The van der Waals surface area contributed by atoms with E-state index in [0.29, 0.717) is 23.7 Å². The number of aryl methyl sites for hydroxylation is 1. The van der Waals surface area contributed by atoms with Crippen molar-refractivity contribution >= 4 is 11.8 Å². The Morgan fingerprint density at radius 3 is 2.55 bits per heavy atom. The van der Waals surface area contributed by atoms with Crippen molar-refractivity contribution in [2.45, 2.75) is 45.6 Å². The van der Waals surface area contributed by atoms with Crippen LogP contribution in [0.15, 0.2) is 42.5 Å². The molecule has 31 heavy (non-hydrogen) atoms. The summed E-state index contributed by atoms with van der Waals surface area (Å²) in [6.45, 7) is 7.19. The molecular weight excluding hydrogens is 396 g/mol. The molecule has 1 atom stereocenters. The first-order chi connectivity index (χ1) is 14.9. The van der Waals surface area contributed by atoms with Gasteiger partial charge in [0.05, 0.1) is 6.10 Å². The minimum absolute atomic E-state index is 0.136. The van der Waals surface area contributed by atoms with Gasteiger partial charge in [-0.3, -0.25) is 20.4 Å². The van der Waals surface area contributed by atoms with Crippen molar-refractivity contribution in [3.8, 4) is 11.5 Å². The number of amides is 2. The Balaban J connectivity index is 1.43. The lowest BCUT2D eigenvalue weighted by molar-refractivity contribution is -0.123. The molecule has 1 heterocycles. The Morgan fingerprint density at radius 1 is 1.10 bits per heavy atom. The predicted octanol–water partition coefficient (Wildman–Crippen LogP) is 3.52. The normalized spacial score (nSPS) is 15.5. The topological polar surface area (TPSA) is 85.9 Å². The van der Waals surface area contributed by atoms with Gasteiger partial charge in [-0.05, 0) is 67.1 Å². The standard InChI is InChI=1S/C24H30N2O5/c1-16(2)21-11-6-17(3)13-22(21)31-15-23(27)25-26-24(28)18-7-9-19(10-8-18)30-14-20-5-4-12-29-20/h6-11,13,16,20H,4-5,12,14-15H2,1-3H3,(H,25,27)(H,26,28)/t20-/m1/s1. The quantitative estimate of drug-likeness (QED) is 0.631. The van der Waals surface area contributed by atoms with Crippen LogP contribution in [-0.4, -0.2) is 37.7 Å². The number of carbonyl (C=O) groups excluding carboxylic acids is 2. The van der Waals surface area contributed by atoms with E-state index in [-0.39, 0.29) is 18.6 Å². The van der Waals surface area contributed by atoms with Gasteiger partial charge in [0.25, 0.3) is 11.8 Å². The molecule has 0 spiro atoms. The molecule has 2 aromatic carbocycles. The van der Waals surface area contributed by atoms with Crippen molar-refractivity contribution in [1.82, 2.24) is 10.9 Å². The summed E-state index contributed by atoms with van der Waals surface area (Å²) in [6.07, 6.45) is 2.21. The van der Waals surface area contributed by atoms with E-state index in [0.717, 1.165) is 30.6 Å². The van der Waals surface area contributed by atoms with Crippen molar-refractivity contribution in [1.29, 1.82) is 0 Å². The third-order valence-electron chi connectivity index (χ3n) is 5.04. The van der Waals surface area contributed by atoms with Crippen LogP contribution in [0.2, 0.25) is 0 Å². The van der Waals surface area contributed by atoms with Crippen LogP contribution in [0.25, 0.3) is 0 Å². The molecule has 2 N–H and O–H groups in total. The van der Waals surface area contributed by atoms with Gasteiger partial charge in [-0.25, -0.2) is 0 Å². The van der Waals surface area contributed by atoms with Gasteiger partial charge < -0.3 is 14.2 Å². The van der Waals surface area contributed by atoms with Crippen LogP contribution in [0.1, 0.15) is 54.1 Å². The molecule has 2 amide bonds. The first-order valence-corrected chi connectivity index (χ1v) is 10.6. The molecule has 1 saturated heterocycles. The highest BCUT2D eigenvalue weighted by Gasteiger charge is 2.16. The van der Waals surface area contributed by atoms with Gasteiger partial charge in [0.1, 0.15) is 18.1 Å². The predicted molar refractivity (Wildman–Crippen MR) is 117 cm³/mol. The van der Waals surface area contributed by atoms with E-state index >= 15 is 0 Å². The lowest BCUT2D eigenvalue weighted by atomic mass is 10.0. The first kappa shape index (κ1) is 22.6. The van der Waals surface area contributed by atoms with E-state index in [1.807, 2.05) is 25.1 Å². The maximum atomic E-state index is 12.3. The molecule has 7 heteroatoms. The molecule has 0 aliphatic carbocycles. The zero-order valence-electron chi connectivity index (χ0n) is 18.3. The summed E-state index contributed by atoms with van der Waals surface area (Å²) in [5, 5.41) is 0. The highest BCUT2D eigenvalue weighted by Crippen LogP contribution is 2.27. The van der Waals surface area contributed by atoms with Crippen LogP contribution in [0, 0.1) is 6.92 Å². The van der Waals surface area contributed by atoms with Crippen molar-refractivity contribution in [2.24, 2.45) is 0 Å². The van der Waals surface area contributed by atoms with Crippen LogP contribution in [-0.2, 0) is 9.53 Å². The highest BCUT2D eigenvalue weighted by atomic mass is 16.5. The Morgan fingerprint density at radius 2 is 1.87 bits per heavy atom. The average Bonchev–Trinajstić information content (AvgIpc) is 3.28. The molecule has 0 radical (unpaired) electrons. The number of rotatable bonds is 8. The van der Waals surface area contributed by atoms with Crippen molar-refractivity contribution in [2.75, 3.05) is 19.8 Å². The number of ether oxygens (including phenoxy) is 3. The summed E-state index contributed by atoms with van der Waals surface area (Å²) in [5.41, 5.74) is 7.27. The minimum Gasteiger partial charge on any atom is -0.491 e. The summed E-state index contributed by atoms with van der Waals surface area (Å²) >= 11 is 0. The van der Waals surface area contributed by atoms with Crippen LogP contribution < -0.4 is 20.3 Å². The van der Waals surface area contributed by atoms with E-state index in [4.69, 9.17) is 14.2 Å². The molecule has 0 saturated carbocycles. The van der Waals surface area contributed by atoms with E-state index in [1.54, 1.807) is 24.3 Å². The fraction of sp³-hybridized carbons (Fsp3) is 0.417. The fourth-order valence-corrected chi connectivity index (χ4v) is 3.29. The number of carbonyl (C=O) groups is 2. The third kappa shape index (κ3) is 6.72. The second-order valence-electron chi connectivity index (χ2n) is 7.96. The lowest BCUT2D eigenvalue weighted by Crippen LogP contribution is -2.43. The molecule has 166 valence electrons. The maximum Gasteiger partial charge on any atom is 0.276 e. The molecule has 0 unspecified atom stereocenters. The molecule has 1 fully saturated rings. The van der Waals surface area contributed by atoms with Gasteiger partial charge in [0.2, 0.25) is 0 Å². The van der Waals surface area contributed by atoms with Gasteiger partial charge in [0, 0.05) is 12.2 Å². The number of hydrogen-bond acceptors (Lipinski definition) is 5. The summed E-state index contributed by atoms with van der Waals surface area (Å²) in [4.78, 5) is 24.4. The Hall–Kier alpha value is -3.06. The molecule has 7 nitrogen and oxygen atoms in total. The molecule has 1 aliphatic rings. The smallest absolute Gasteiger partial charge is 0.276 e. The Bertz CT molecular complexity index is 889. The maximum absolute atomic E-state index is 12.3. The van der Waals surface area contributed by atoms with Crippen molar-refractivity contribution < 1.29 is 23.8 Å². The molecule has 2 aromatic rings. The third-order valence-corrected chi connectivity index (χ3v) is 5.04. The zero-order valence-corrected chi connectivity index (χ0v) is 18.3. The Labute approximate surface area is 183 Å². The summed E-state index contributed by atoms with van der Waals surface area (Å²) in [5.74, 6) is 0.758. The fourth-order valence-electron chi connectivity index (χ4n) is 3.29. The van der Waals surface area contributed by atoms with E-state index in [1.165, 1.54) is 0 Å². The van der Waals surface area contributed by atoms with Gasteiger partial charge in [-0.2, -0.15) is 0 Å². The second-order valence-corrected chi connectivity index (χ2v) is 7.96. The van der Waals surface area contributed by atoms with E-state index in [9.17, 15) is 9.59 Å². The SMILES string of the molecule is Cc1ccc(C(C)C)c(OCC(=O)NNC(=O)c2ccc(OC[C@H]3CCCO3)cc2)c1. The van der Waals surface area contributed by atoms with E-state index < -0.39 is 11.8 Å². The van der Waals surface area contributed by atoms with E-state index in [2.05, 4.69) is 24.7 Å². The van der Waals surface area contributed by atoms with Crippen LogP contribution >= 0.6 is 0 Å². The summed E-state index contributed by atoms with van der Waals surface area (Å²) in [6, 6.07) is 12.7. The van der Waals surface area contributed by atoms with Crippen LogP contribution in [0.4, 0.5) is 0 Å². The van der Waals surface area contributed by atoms with Crippen LogP contribution in [0.5, 0.6) is 11.5 Å². The average molecular weight is 427 g/mol. The molecule has 0 bridgehead atoms. The van der Waals surface area contributed by atoms with Crippen molar-refractivity contribution in [3.63, 3.8) is 0 Å². The monoisotopic (exact) mass is 426 g/mol. The first-order valence-electron chi connectivity index (χ1n) is 10.6. The summed E-state index contributed by atoms with van der Waals surface area (Å²) < 4.78 is 16.9. The molecule has 0 aromatic heterocycles. The molecular formula is C24H30N2O5. The lowest BCUT2D eigenvalue weighted by Gasteiger charge is -2.15. The zero-order chi connectivity index (χ0) is 22.2. The van der Waals surface area contributed by atoms with Crippen molar-refractivity contribution in [3.05, 3.63) is 59.2 Å². The van der Waals surface area contributed by atoms with Crippen LogP contribution in [0.3, 0.4) is 0 Å². The van der Waals surface area contributed by atoms with Gasteiger partial charge in [0.15, 0.2) is 6.61 Å². The number of hydrazine groups is 1. The molecule has 1 aliphatic heterocycles. The van der Waals surface area contributed by atoms with Gasteiger partial charge >= 0.3 is 0 Å². The minimum atomic E-state index is -0.443.